The topological polar surface area (TPSA) is 148 Å². The van der Waals surface area contributed by atoms with E-state index in [0.29, 0.717) is 104 Å². The zero-order chi connectivity index (χ0) is 59.8. The third kappa shape index (κ3) is 13.2. The summed E-state index contributed by atoms with van der Waals surface area (Å²) >= 11 is 0. The van der Waals surface area contributed by atoms with Crippen LogP contribution in [0.3, 0.4) is 0 Å². The Hall–Kier alpha value is -9.42. The van der Waals surface area contributed by atoms with Crippen molar-refractivity contribution in [2.45, 2.75) is 92.3 Å². The molecule has 0 aromatic heterocycles. The first-order valence-corrected chi connectivity index (χ1v) is 30.1. The first-order valence-electron chi connectivity index (χ1n) is 30.1. The molecule has 2 N–H and O–H groups in total. The number of hydrogen-bond acceptors (Lipinski definition) is 10. The summed E-state index contributed by atoms with van der Waals surface area (Å²) in [6.07, 6.45) is 6.13. The molecule has 0 amide bonds. The Labute approximate surface area is 502 Å². The van der Waals surface area contributed by atoms with Crippen LogP contribution in [0.15, 0.2) is 170 Å². The molecule has 0 unspecified atom stereocenters. The molecule has 0 aliphatic heterocycles. The predicted molar refractivity (Wildman–Crippen MR) is 342 cm³/mol. The summed E-state index contributed by atoms with van der Waals surface area (Å²) in [4.78, 5) is 26.3. The van der Waals surface area contributed by atoms with E-state index in [-0.39, 0.29) is 49.4 Å². The fraction of sp³-hybridized carbons (Fsp3) is 0.270. The summed E-state index contributed by atoms with van der Waals surface area (Å²) in [6.45, 7) is 8.56. The van der Waals surface area contributed by atoms with E-state index >= 15 is 0 Å². The maximum absolute atomic E-state index is 13.1. The van der Waals surface area contributed by atoms with Crippen molar-refractivity contribution in [3.8, 4) is 79.4 Å². The molecule has 12 nitrogen and oxygen atoms in total. The molecule has 0 saturated heterocycles. The minimum absolute atomic E-state index is 0.0966. The number of ether oxygens (including phenoxy) is 8. The summed E-state index contributed by atoms with van der Waals surface area (Å²) in [5.41, 5.74) is 5.26. The molecule has 10 aromatic carbocycles. The molecular weight excluding hydrogens is 1080 g/mol. The molecule has 12 heteroatoms. The number of carboxylic acid groups (broad SMARTS) is 2. The molecule has 10 rings (SSSR count). The first kappa shape index (κ1) is 59.7. The van der Waals surface area contributed by atoms with Gasteiger partial charge in [0.1, 0.15) is 13.2 Å². The Kier molecular flexibility index (Phi) is 20.1. The highest BCUT2D eigenvalue weighted by Crippen LogP contribution is 2.62. The minimum Gasteiger partial charge on any atom is -0.489 e. The van der Waals surface area contributed by atoms with Gasteiger partial charge < -0.3 is 48.1 Å². The lowest BCUT2D eigenvalue weighted by Crippen LogP contribution is -2.14. The van der Waals surface area contributed by atoms with Crippen LogP contribution in [-0.4, -0.2) is 61.8 Å². The van der Waals surface area contributed by atoms with Crippen molar-refractivity contribution in [1.82, 2.24) is 0 Å². The molecule has 0 heterocycles. The number of rotatable bonds is 31. The summed E-state index contributed by atoms with van der Waals surface area (Å²) in [5.74, 6) is 0.258. The van der Waals surface area contributed by atoms with Gasteiger partial charge in [0, 0.05) is 33.4 Å². The highest BCUT2D eigenvalue weighted by atomic mass is 16.5. The van der Waals surface area contributed by atoms with Gasteiger partial charge in [-0.2, -0.15) is 0 Å². The Morgan fingerprint density at radius 2 is 0.581 bits per heavy atom. The van der Waals surface area contributed by atoms with Gasteiger partial charge in [-0.15, -0.1) is 0 Å². The summed E-state index contributed by atoms with van der Waals surface area (Å²) in [5, 5.41) is 27.5. The fourth-order valence-electron chi connectivity index (χ4n) is 10.9. The molecule has 0 saturated carbocycles. The summed E-state index contributed by atoms with van der Waals surface area (Å²) in [7, 11) is 0. The van der Waals surface area contributed by atoms with Crippen molar-refractivity contribution in [1.29, 1.82) is 0 Å². The first-order chi connectivity index (χ1) is 42.2. The minimum atomic E-state index is -1.22. The average molecular weight is 1160 g/mol. The van der Waals surface area contributed by atoms with Crippen LogP contribution in [0, 0.1) is 0 Å². The van der Waals surface area contributed by atoms with Crippen LogP contribution in [0.5, 0.6) is 46.0 Å². The standard InChI is InChI=1S/C74H74O12/c1-5-9-39-79-69-59(83-45-49-27-15-13-16-28-49)43-51-31-19-21-33-53(51)63(69)65-55-35-23-25-37-57(55)67(73(85-47-61(75)76)71(65)81-41-11-7-3)68-58-38-26-24-36-56(58)66(72(82-42-12-8-4)74(68)86-48-62(77)78)64-54-34-22-20-32-52(54)44-60(70(64)80-40-10-6-2)84-46-50-29-17-14-18-30-50/h13-38,43-44H,5-12,39-42,45-48H2,1-4H3,(H,75,76)(H,77,78). The maximum atomic E-state index is 13.1. The van der Waals surface area contributed by atoms with E-state index in [4.69, 9.17) is 37.9 Å². The van der Waals surface area contributed by atoms with Crippen LogP contribution in [0.1, 0.15) is 90.2 Å². The number of fused-ring (bicyclic) bond motifs is 4. The van der Waals surface area contributed by atoms with Gasteiger partial charge >= 0.3 is 11.9 Å². The van der Waals surface area contributed by atoms with Gasteiger partial charge in [0.2, 0.25) is 0 Å². The van der Waals surface area contributed by atoms with E-state index in [2.05, 4.69) is 27.7 Å². The van der Waals surface area contributed by atoms with E-state index < -0.39 is 25.2 Å². The van der Waals surface area contributed by atoms with E-state index in [1.807, 2.05) is 170 Å². The van der Waals surface area contributed by atoms with E-state index in [9.17, 15) is 19.8 Å². The Morgan fingerprint density at radius 1 is 0.314 bits per heavy atom. The van der Waals surface area contributed by atoms with Crippen molar-refractivity contribution in [3.05, 3.63) is 181 Å². The lowest BCUT2D eigenvalue weighted by Gasteiger charge is -2.28. The highest BCUT2D eigenvalue weighted by Gasteiger charge is 2.35. The van der Waals surface area contributed by atoms with Crippen LogP contribution in [0.2, 0.25) is 0 Å². The van der Waals surface area contributed by atoms with Crippen LogP contribution < -0.4 is 37.9 Å². The molecule has 0 aliphatic carbocycles. The van der Waals surface area contributed by atoms with Gasteiger partial charge in [-0.1, -0.05) is 211 Å². The van der Waals surface area contributed by atoms with E-state index in [0.717, 1.165) is 71.2 Å². The van der Waals surface area contributed by atoms with Gasteiger partial charge in [0.25, 0.3) is 0 Å². The zero-order valence-electron chi connectivity index (χ0n) is 49.5. The zero-order valence-corrected chi connectivity index (χ0v) is 49.5. The molecule has 0 spiro atoms. The molecule has 86 heavy (non-hydrogen) atoms. The fourth-order valence-corrected chi connectivity index (χ4v) is 10.9. The van der Waals surface area contributed by atoms with Gasteiger partial charge in [0.15, 0.2) is 59.2 Å². The molecule has 10 aromatic rings. The second-order valence-electron chi connectivity index (χ2n) is 21.2. The van der Waals surface area contributed by atoms with Crippen molar-refractivity contribution in [2.75, 3.05) is 39.6 Å². The third-order valence-electron chi connectivity index (χ3n) is 15.1. The lowest BCUT2D eigenvalue weighted by atomic mass is 9.83. The van der Waals surface area contributed by atoms with Gasteiger partial charge in [0.05, 0.1) is 26.4 Å². The summed E-state index contributed by atoms with van der Waals surface area (Å²) < 4.78 is 55.6. The number of carboxylic acids is 2. The molecule has 0 radical (unpaired) electrons. The molecular formula is C74H74O12. The van der Waals surface area contributed by atoms with E-state index in [1.54, 1.807) is 0 Å². The Bertz CT molecular complexity index is 3710. The lowest BCUT2D eigenvalue weighted by molar-refractivity contribution is -0.140. The number of benzene rings is 10. The highest BCUT2D eigenvalue weighted by molar-refractivity contribution is 6.22. The molecule has 0 aliphatic rings. The van der Waals surface area contributed by atoms with Gasteiger partial charge in [-0.05, 0) is 92.0 Å². The number of unbranched alkanes of at least 4 members (excludes halogenated alkanes) is 4. The van der Waals surface area contributed by atoms with Gasteiger partial charge in [-0.3, -0.25) is 0 Å². The van der Waals surface area contributed by atoms with Crippen molar-refractivity contribution < 1.29 is 57.7 Å². The molecule has 0 bridgehead atoms. The quantitative estimate of drug-likeness (QED) is 0.0399. The molecule has 0 fully saturated rings. The Morgan fingerprint density at radius 3 is 0.895 bits per heavy atom. The number of aliphatic carboxylic acids is 2. The van der Waals surface area contributed by atoms with E-state index in [1.165, 1.54) is 0 Å². The van der Waals surface area contributed by atoms with Crippen molar-refractivity contribution in [2.24, 2.45) is 0 Å². The van der Waals surface area contributed by atoms with Crippen molar-refractivity contribution >= 4 is 55.0 Å². The monoisotopic (exact) mass is 1150 g/mol. The maximum Gasteiger partial charge on any atom is 0.341 e. The Balaban J connectivity index is 1.37. The van der Waals surface area contributed by atoms with Crippen molar-refractivity contribution in [3.63, 3.8) is 0 Å². The molecule has 0 atom stereocenters. The summed E-state index contributed by atoms with van der Waals surface area (Å²) in [6, 6.07) is 55.8. The van der Waals surface area contributed by atoms with Crippen LogP contribution >= 0.6 is 0 Å². The largest absolute Gasteiger partial charge is 0.489 e. The third-order valence-corrected chi connectivity index (χ3v) is 15.1. The second kappa shape index (κ2) is 28.9. The number of hydrogen-bond donors (Lipinski definition) is 2. The molecule has 442 valence electrons. The van der Waals surface area contributed by atoms with Gasteiger partial charge in [-0.25, -0.2) is 9.59 Å². The number of carbonyl (C=O) groups is 2. The smallest absolute Gasteiger partial charge is 0.341 e. The van der Waals surface area contributed by atoms with Crippen LogP contribution in [-0.2, 0) is 22.8 Å². The predicted octanol–water partition coefficient (Wildman–Crippen LogP) is 18.1. The second-order valence-corrected chi connectivity index (χ2v) is 21.2. The van der Waals surface area contributed by atoms with Crippen LogP contribution in [0.4, 0.5) is 0 Å². The SMILES string of the molecule is CCCCOc1c(OCc2ccccc2)cc2ccccc2c1-c1c(OCCCC)c(OCC(=O)O)c(-c2c(OCC(=O)O)c(OCCCC)c(-c3c(OCCCC)c(OCc4ccccc4)cc4ccccc34)c3ccccc23)c2ccccc12. The normalized spacial score (nSPS) is 11.3. The average Bonchev–Trinajstić information content (AvgIpc) is 0.776. The van der Waals surface area contributed by atoms with Crippen LogP contribution in [0.25, 0.3) is 76.5 Å².